The average molecular weight is 231 g/mol. The SMILES string of the molecule is NC(=O)c1[nH]nc(COC(CO)CO)c1O. The summed E-state index contributed by atoms with van der Waals surface area (Å²) in [6.45, 7) is -0.865. The largest absolute Gasteiger partial charge is 0.504 e. The highest BCUT2D eigenvalue weighted by atomic mass is 16.5. The van der Waals surface area contributed by atoms with Gasteiger partial charge in [-0.1, -0.05) is 0 Å². The molecule has 1 amide bonds. The number of aliphatic hydroxyl groups is 2. The molecular weight excluding hydrogens is 218 g/mol. The van der Waals surface area contributed by atoms with Crippen LogP contribution in [0.25, 0.3) is 0 Å². The fourth-order valence-corrected chi connectivity index (χ4v) is 1.01. The van der Waals surface area contributed by atoms with Crippen molar-refractivity contribution >= 4 is 5.91 Å². The lowest BCUT2D eigenvalue weighted by Crippen LogP contribution is -2.21. The van der Waals surface area contributed by atoms with Crippen molar-refractivity contribution in [3.8, 4) is 5.75 Å². The maximum Gasteiger partial charge on any atom is 0.270 e. The van der Waals surface area contributed by atoms with Crippen LogP contribution in [0.5, 0.6) is 5.75 Å². The molecule has 8 heteroatoms. The van der Waals surface area contributed by atoms with Crippen LogP contribution < -0.4 is 5.73 Å². The Labute approximate surface area is 90.7 Å². The quantitative estimate of drug-likeness (QED) is 0.386. The number of aromatic amines is 1. The van der Waals surface area contributed by atoms with Crippen molar-refractivity contribution in [3.63, 3.8) is 0 Å². The van der Waals surface area contributed by atoms with E-state index in [2.05, 4.69) is 10.2 Å². The van der Waals surface area contributed by atoms with Gasteiger partial charge in [-0.3, -0.25) is 9.89 Å². The molecule has 1 aromatic heterocycles. The maximum absolute atomic E-state index is 10.8. The van der Waals surface area contributed by atoms with E-state index >= 15 is 0 Å². The van der Waals surface area contributed by atoms with Gasteiger partial charge in [0.2, 0.25) is 0 Å². The van der Waals surface area contributed by atoms with Crippen molar-refractivity contribution in [1.82, 2.24) is 10.2 Å². The van der Waals surface area contributed by atoms with Crippen LogP contribution >= 0.6 is 0 Å². The fourth-order valence-electron chi connectivity index (χ4n) is 1.01. The molecule has 0 bridgehead atoms. The van der Waals surface area contributed by atoms with Crippen molar-refractivity contribution < 1.29 is 24.9 Å². The molecule has 0 unspecified atom stereocenters. The van der Waals surface area contributed by atoms with E-state index in [1.807, 2.05) is 0 Å². The summed E-state index contributed by atoms with van der Waals surface area (Å²) in [4.78, 5) is 10.8. The zero-order valence-corrected chi connectivity index (χ0v) is 8.38. The number of carbonyl (C=O) groups is 1. The van der Waals surface area contributed by atoms with E-state index in [1.54, 1.807) is 0 Å². The molecule has 0 fully saturated rings. The summed E-state index contributed by atoms with van der Waals surface area (Å²) >= 11 is 0. The molecule has 0 aliphatic rings. The highest BCUT2D eigenvalue weighted by Gasteiger charge is 2.17. The lowest BCUT2D eigenvalue weighted by Gasteiger charge is -2.10. The van der Waals surface area contributed by atoms with E-state index in [0.29, 0.717) is 0 Å². The number of aromatic hydroxyl groups is 1. The van der Waals surface area contributed by atoms with Crippen molar-refractivity contribution in [1.29, 1.82) is 0 Å². The standard InChI is InChI=1S/C8H13N3O5/c9-8(15)6-7(14)5(10-11-6)3-16-4(1-12)2-13/h4,12-14H,1-3H2,(H2,9,15)(H,10,11). The first-order valence-corrected chi connectivity index (χ1v) is 4.49. The Bertz CT molecular complexity index is 361. The summed E-state index contributed by atoms with van der Waals surface area (Å²) in [7, 11) is 0. The molecule has 16 heavy (non-hydrogen) atoms. The lowest BCUT2D eigenvalue weighted by atomic mass is 10.3. The fraction of sp³-hybridized carbons (Fsp3) is 0.500. The van der Waals surface area contributed by atoms with Crippen LogP contribution in [-0.2, 0) is 11.3 Å². The van der Waals surface area contributed by atoms with Crippen LogP contribution in [0.2, 0.25) is 0 Å². The maximum atomic E-state index is 10.8. The molecular formula is C8H13N3O5. The molecule has 1 aromatic rings. The number of nitrogens with one attached hydrogen (secondary N) is 1. The summed E-state index contributed by atoms with van der Waals surface area (Å²) in [5.74, 6) is -1.22. The molecule has 1 heterocycles. The summed E-state index contributed by atoms with van der Waals surface area (Å²) < 4.78 is 5.01. The van der Waals surface area contributed by atoms with Crippen LogP contribution in [0.1, 0.15) is 16.2 Å². The van der Waals surface area contributed by atoms with Gasteiger partial charge in [-0.05, 0) is 0 Å². The molecule has 0 aliphatic heterocycles. The van der Waals surface area contributed by atoms with Crippen molar-refractivity contribution in [3.05, 3.63) is 11.4 Å². The Kier molecular flexibility index (Phi) is 4.23. The molecule has 0 radical (unpaired) electrons. The van der Waals surface area contributed by atoms with Crippen molar-refractivity contribution in [2.24, 2.45) is 5.73 Å². The van der Waals surface area contributed by atoms with E-state index in [9.17, 15) is 9.90 Å². The van der Waals surface area contributed by atoms with Gasteiger partial charge in [0.05, 0.1) is 19.8 Å². The molecule has 0 saturated heterocycles. The van der Waals surface area contributed by atoms with Gasteiger partial charge in [-0.25, -0.2) is 0 Å². The molecule has 90 valence electrons. The number of carbonyl (C=O) groups excluding carboxylic acids is 1. The van der Waals surface area contributed by atoms with Crippen LogP contribution in [0, 0.1) is 0 Å². The van der Waals surface area contributed by atoms with Crippen LogP contribution in [0.3, 0.4) is 0 Å². The van der Waals surface area contributed by atoms with Gasteiger partial charge in [0.1, 0.15) is 11.8 Å². The predicted octanol–water partition coefficient (Wildman–Crippen LogP) is -1.92. The monoisotopic (exact) mass is 231 g/mol. The minimum atomic E-state index is -0.836. The van der Waals surface area contributed by atoms with E-state index < -0.39 is 12.0 Å². The number of primary amides is 1. The van der Waals surface area contributed by atoms with Crippen LogP contribution in [0.15, 0.2) is 0 Å². The third-order valence-corrected chi connectivity index (χ3v) is 1.92. The van der Waals surface area contributed by atoms with E-state index in [4.69, 9.17) is 20.7 Å². The number of amides is 1. The van der Waals surface area contributed by atoms with Crippen LogP contribution in [0.4, 0.5) is 0 Å². The van der Waals surface area contributed by atoms with Gasteiger partial charge in [-0.2, -0.15) is 5.10 Å². The zero-order chi connectivity index (χ0) is 12.1. The van der Waals surface area contributed by atoms with Crippen LogP contribution in [-0.4, -0.2) is 50.7 Å². The molecule has 0 spiro atoms. The van der Waals surface area contributed by atoms with Gasteiger partial charge in [-0.15, -0.1) is 0 Å². The first kappa shape index (κ1) is 12.4. The summed E-state index contributed by atoms with van der Waals surface area (Å²) in [6.07, 6.45) is -0.756. The van der Waals surface area contributed by atoms with E-state index in [0.717, 1.165) is 0 Å². The molecule has 6 N–H and O–H groups in total. The lowest BCUT2D eigenvalue weighted by molar-refractivity contribution is -0.0300. The highest BCUT2D eigenvalue weighted by molar-refractivity contribution is 5.93. The Hall–Kier alpha value is -1.64. The number of hydrogen-bond acceptors (Lipinski definition) is 6. The second-order valence-corrected chi connectivity index (χ2v) is 3.06. The van der Waals surface area contributed by atoms with Gasteiger partial charge in [0.15, 0.2) is 11.4 Å². The Morgan fingerprint density at radius 1 is 1.50 bits per heavy atom. The number of rotatable bonds is 6. The third-order valence-electron chi connectivity index (χ3n) is 1.92. The molecule has 0 aromatic carbocycles. The third kappa shape index (κ3) is 2.69. The number of aliphatic hydroxyl groups excluding tert-OH is 2. The van der Waals surface area contributed by atoms with Gasteiger partial charge in [0, 0.05) is 0 Å². The van der Waals surface area contributed by atoms with Crippen molar-refractivity contribution in [2.75, 3.05) is 13.2 Å². The predicted molar refractivity (Wildman–Crippen MR) is 51.5 cm³/mol. The Morgan fingerprint density at radius 2 is 2.12 bits per heavy atom. The minimum Gasteiger partial charge on any atom is -0.504 e. The Morgan fingerprint density at radius 3 is 2.56 bits per heavy atom. The number of ether oxygens (including phenoxy) is 1. The molecule has 0 atom stereocenters. The first-order valence-electron chi connectivity index (χ1n) is 4.49. The normalized spacial score (nSPS) is 10.9. The van der Waals surface area contributed by atoms with Gasteiger partial charge >= 0.3 is 0 Å². The van der Waals surface area contributed by atoms with Crippen molar-refractivity contribution in [2.45, 2.75) is 12.7 Å². The topological polar surface area (TPSA) is 142 Å². The molecule has 1 rings (SSSR count). The molecule has 8 nitrogen and oxygen atoms in total. The number of nitrogens with zero attached hydrogens (tertiary/aromatic N) is 1. The number of hydrogen-bond donors (Lipinski definition) is 5. The van der Waals surface area contributed by atoms with Gasteiger partial charge in [0.25, 0.3) is 5.91 Å². The minimum absolute atomic E-state index is 0.0840. The Balaban J connectivity index is 2.64. The number of nitrogens with two attached hydrogens (primary N) is 1. The number of aromatic nitrogens is 2. The zero-order valence-electron chi connectivity index (χ0n) is 8.38. The summed E-state index contributed by atoms with van der Waals surface area (Å²) in [5, 5.41) is 32.8. The second kappa shape index (κ2) is 5.45. The average Bonchev–Trinajstić information content (AvgIpc) is 2.62. The molecule has 0 saturated carbocycles. The first-order chi connectivity index (χ1) is 7.60. The number of H-pyrrole nitrogens is 1. The second-order valence-electron chi connectivity index (χ2n) is 3.06. The molecule has 0 aliphatic carbocycles. The van der Waals surface area contributed by atoms with E-state index in [-0.39, 0.29) is 37.0 Å². The summed E-state index contributed by atoms with van der Waals surface area (Å²) in [6, 6.07) is 0. The van der Waals surface area contributed by atoms with E-state index in [1.165, 1.54) is 0 Å². The summed E-state index contributed by atoms with van der Waals surface area (Å²) in [5.41, 5.74) is 4.82. The van der Waals surface area contributed by atoms with Gasteiger partial charge < -0.3 is 25.8 Å². The smallest absolute Gasteiger partial charge is 0.270 e. The highest BCUT2D eigenvalue weighted by Crippen LogP contribution is 2.19.